The van der Waals surface area contributed by atoms with Crippen LogP contribution < -0.4 is 0 Å². The molecule has 1 aromatic carbocycles. The lowest BCUT2D eigenvalue weighted by Crippen LogP contribution is -2.34. The SMILES string of the molecule is C#CCOC(=O)CC1CCC(=O)N1Cc1cccc(F)c1F. The van der Waals surface area contributed by atoms with Gasteiger partial charge in [0.15, 0.2) is 18.2 Å². The number of rotatable bonds is 5. The van der Waals surface area contributed by atoms with Gasteiger partial charge in [-0.05, 0) is 12.5 Å². The lowest BCUT2D eigenvalue weighted by Gasteiger charge is -2.24. The molecule has 6 heteroatoms. The summed E-state index contributed by atoms with van der Waals surface area (Å²) in [4.78, 5) is 24.9. The van der Waals surface area contributed by atoms with Crippen molar-refractivity contribution in [3.8, 4) is 12.3 Å². The average Bonchev–Trinajstić information content (AvgIpc) is 2.82. The molecule has 0 aliphatic carbocycles. The van der Waals surface area contributed by atoms with Gasteiger partial charge in [0.2, 0.25) is 5.91 Å². The molecule has 116 valence electrons. The molecule has 1 atom stereocenters. The van der Waals surface area contributed by atoms with Crippen molar-refractivity contribution in [2.75, 3.05) is 6.61 Å². The largest absolute Gasteiger partial charge is 0.452 e. The Bertz CT molecular complexity index is 624. The number of esters is 1. The third-order valence-corrected chi connectivity index (χ3v) is 3.54. The van der Waals surface area contributed by atoms with Crippen molar-refractivity contribution in [1.82, 2.24) is 4.90 Å². The molecular formula is C16H15F2NO3. The molecule has 1 aliphatic heterocycles. The zero-order valence-corrected chi connectivity index (χ0v) is 11.9. The van der Waals surface area contributed by atoms with Crippen LogP contribution in [-0.2, 0) is 20.9 Å². The maximum atomic E-state index is 13.7. The van der Waals surface area contributed by atoms with Gasteiger partial charge in [0, 0.05) is 24.6 Å². The van der Waals surface area contributed by atoms with Crippen molar-refractivity contribution in [2.24, 2.45) is 0 Å². The van der Waals surface area contributed by atoms with Gasteiger partial charge >= 0.3 is 5.97 Å². The smallest absolute Gasteiger partial charge is 0.308 e. The fourth-order valence-electron chi connectivity index (χ4n) is 2.45. The zero-order chi connectivity index (χ0) is 16.1. The second kappa shape index (κ2) is 7.03. The van der Waals surface area contributed by atoms with Gasteiger partial charge in [-0.1, -0.05) is 18.1 Å². The number of amides is 1. The predicted molar refractivity (Wildman–Crippen MR) is 74.3 cm³/mol. The number of carbonyl (C=O) groups excluding carboxylic acids is 2. The standard InChI is InChI=1S/C16H15F2NO3/c1-2-8-22-15(21)9-12-6-7-14(20)19(12)10-11-4-3-5-13(17)16(11)18/h1,3-5,12H,6-10H2. The van der Waals surface area contributed by atoms with E-state index >= 15 is 0 Å². The fraction of sp³-hybridized carbons (Fsp3) is 0.375. The van der Waals surface area contributed by atoms with E-state index in [0.29, 0.717) is 6.42 Å². The highest BCUT2D eigenvalue weighted by molar-refractivity contribution is 5.80. The molecule has 0 N–H and O–H groups in total. The van der Waals surface area contributed by atoms with Crippen LogP contribution in [0.2, 0.25) is 0 Å². The lowest BCUT2D eigenvalue weighted by atomic mass is 10.1. The highest BCUT2D eigenvalue weighted by Crippen LogP contribution is 2.25. The number of ether oxygens (including phenoxy) is 1. The normalized spacial score (nSPS) is 17.4. The molecule has 1 saturated heterocycles. The Balaban J connectivity index is 2.07. The number of terminal acetylenes is 1. The van der Waals surface area contributed by atoms with Gasteiger partial charge in [-0.2, -0.15) is 0 Å². The van der Waals surface area contributed by atoms with Crippen molar-refractivity contribution in [1.29, 1.82) is 0 Å². The molecule has 22 heavy (non-hydrogen) atoms. The average molecular weight is 307 g/mol. The Morgan fingerprint density at radius 1 is 1.45 bits per heavy atom. The van der Waals surface area contributed by atoms with E-state index < -0.39 is 17.6 Å². The van der Waals surface area contributed by atoms with Crippen LogP contribution in [0.3, 0.4) is 0 Å². The van der Waals surface area contributed by atoms with Crippen molar-refractivity contribution < 1.29 is 23.1 Å². The Morgan fingerprint density at radius 2 is 2.23 bits per heavy atom. The lowest BCUT2D eigenvalue weighted by molar-refractivity contribution is -0.144. The van der Waals surface area contributed by atoms with Gasteiger partial charge in [-0.25, -0.2) is 8.78 Å². The minimum absolute atomic E-state index is 0.00957. The number of nitrogens with zero attached hydrogens (tertiary/aromatic N) is 1. The van der Waals surface area contributed by atoms with Gasteiger partial charge in [-0.3, -0.25) is 9.59 Å². The number of hydrogen-bond donors (Lipinski definition) is 0. The van der Waals surface area contributed by atoms with E-state index in [9.17, 15) is 18.4 Å². The minimum atomic E-state index is -0.976. The number of hydrogen-bond acceptors (Lipinski definition) is 3. The van der Waals surface area contributed by atoms with Crippen LogP contribution in [0.5, 0.6) is 0 Å². The Labute approximate surface area is 127 Å². The van der Waals surface area contributed by atoms with Crippen LogP contribution in [-0.4, -0.2) is 29.4 Å². The third-order valence-electron chi connectivity index (χ3n) is 3.54. The number of benzene rings is 1. The zero-order valence-electron chi connectivity index (χ0n) is 11.9. The van der Waals surface area contributed by atoms with Gasteiger partial charge < -0.3 is 9.64 Å². The predicted octanol–water partition coefficient (Wildman–Crippen LogP) is 2.02. The molecule has 2 rings (SSSR count). The summed E-state index contributed by atoms with van der Waals surface area (Å²) in [5, 5.41) is 0. The first-order valence-electron chi connectivity index (χ1n) is 6.84. The molecule has 4 nitrogen and oxygen atoms in total. The summed E-state index contributed by atoms with van der Waals surface area (Å²) >= 11 is 0. The monoisotopic (exact) mass is 307 g/mol. The molecule has 0 saturated carbocycles. The van der Waals surface area contributed by atoms with Crippen molar-refractivity contribution in [3.05, 3.63) is 35.4 Å². The van der Waals surface area contributed by atoms with Crippen molar-refractivity contribution in [3.63, 3.8) is 0 Å². The second-order valence-corrected chi connectivity index (χ2v) is 5.00. The first kappa shape index (κ1) is 16.0. The number of likely N-dealkylation sites (tertiary alicyclic amines) is 1. The summed E-state index contributed by atoms with van der Waals surface area (Å²) in [5.41, 5.74) is 0.0808. The van der Waals surface area contributed by atoms with Crippen molar-refractivity contribution >= 4 is 11.9 Å². The molecule has 0 spiro atoms. The molecule has 0 aromatic heterocycles. The highest BCUT2D eigenvalue weighted by Gasteiger charge is 2.33. The Hall–Kier alpha value is -2.42. The maximum Gasteiger partial charge on any atom is 0.308 e. The summed E-state index contributed by atoms with van der Waals surface area (Å²) in [7, 11) is 0. The van der Waals surface area contributed by atoms with E-state index in [1.54, 1.807) is 0 Å². The second-order valence-electron chi connectivity index (χ2n) is 5.00. The van der Waals surface area contributed by atoms with Crippen LogP contribution in [0.15, 0.2) is 18.2 Å². The van der Waals surface area contributed by atoms with E-state index in [1.807, 2.05) is 0 Å². The van der Waals surface area contributed by atoms with Crippen LogP contribution in [0.25, 0.3) is 0 Å². The van der Waals surface area contributed by atoms with E-state index in [1.165, 1.54) is 17.0 Å². The maximum absolute atomic E-state index is 13.7. The molecule has 1 fully saturated rings. The summed E-state index contributed by atoms with van der Waals surface area (Å²) in [5.74, 6) is -0.465. The Morgan fingerprint density at radius 3 is 2.95 bits per heavy atom. The molecule has 1 aromatic rings. The highest BCUT2D eigenvalue weighted by atomic mass is 19.2. The Kier molecular flexibility index (Phi) is 5.10. The number of carbonyl (C=O) groups is 2. The summed E-state index contributed by atoms with van der Waals surface area (Å²) in [6, 6.07) is 3.42. The third kappa shape index (κ3) is 3.61. The van der Waals surface area contributed by atoms with Crippen LogP contribution in [0.1, 0.15) is 24.8 Å². The molecule has 1 unspecified atom stereocenters. The van der Waals surface area contributed by atoms with Crippen LogP contribution >= 0.6 is 0 Å². The molecule has 0 bridgehead atoms. The van der Waals surface area contributed by atoms with Gasteiger partial charge in [0.05, 0.1) is 6.42 Å². The van der Waals surface area contributed by atoms with Crippen LogP contribution in [0, 0.1) is 24.0 Å². The molecular weight excluding hydrogens is 292 g/mol. The fourth-order valence-corrected chi connectivity index (χ4v) is 2.45. The topological polar surface area (TPSA) is 46.6 Å². The van der Waals surface area contributed by atoms with Gasteiger partial charge in [0.1, 0.15) is 0 Å². The summed E-state index contributed by atoms with van der Waals surface area (Å²) < 4.78 is 31.7. The van der Waals surface area contributed by atoms with Gasteiger partial charge in [0.25, 0.3) is 0 Å². The van der Waals surface area contributed by atoms with E-state index in [0.717, 1.165) is 6.07 Å². The van der Waals surface area contributed by atoms with Crippen LogP contribution in [0.4, 0.5) is 8.78 Å². The number of halogens is 2. The minimum Gasteiger partial charge on any atom is -0.452 e. The molecule has 0 radical (unpaired) electrons. The van der Waals surface area contributed by atoms with E-state index in [-0.39, 0.29) is 43.5 Å². The quantitative estimate of drug-likeness (QED) is 0.617. The van der Waals surface area contributed by atoms with Crippen molar-refractivity contribution in [2.45, 2.75) is 31.8 Å². The molecule has 1 heterocycles. The van der Waals surface area contributed by atoms with E-state index in [4.69, 9.17) is 11.2 Å². The summed E-state index contributed by atoms with van der Waals surface area (Å²) in [6.07, 6.45) is 5.73. The first-order valence-corrected chi connectivity index (χ1v) is 6.84. The van der Waals surface area contributed by atoms with Gasteiger partial charge in [-0.15, -0.1) is 6.42 Å². The first-order chi connectivity index (χ1) is 10.5. The van der Waals surface area contributed by atoms with E-state index in [2.05, 4.69) is 5.92 Å². The molecule has 1 amide bonds. The molecule has 1 aliphatic rings. The summed E-state index contributed by atoms with van der Waals surface area (Å²) in [6.45, 7) is -0.201.